The van der Waals surface area contributed by atoms with Gasteiger partial charge in [0, 0.05) is 0 Å². The van der Waals surface area contributed by atoms with Crippen LogP contribution in [0.1, 0.15) is 0 Å². The van der Waals surface area contributed by atoms with Crippen LogP contribution in [-0.2, 0) is 9.59 Å². The Hall–Kier alpha value is -1.63. The Morgan fingerprint density at radius 3 is 2.00 bits per heavy atom. The first kappa shape index (κ1) is 7.37. The SMILES string of the molecule is O=C=CC(C=C=O)=NO. The van der Waals surface area contributed by atoms with Crippen LogP contribution < -0.4 is 0 Å². The fraction of sp³-hybridized carbons (Fsp3) is 0. The molecule has 0 aromatic carbocycles. The summed E-state index contributed by atoms with van der Waals surface area (Å²) in [6, 6.07) is 0. The highest BCUT2D eigenvalue weighted by Crippen LogP contribution is 1.74. The topological polar surface area (TPSA) is 66.7 Å². The molecule has 4 nitrogen and oxygen atoms in total. The summed E-state index contributed by atoms with van der Waals surface area (Å²) < 4.78 is 0. The van der Waals surface area contributed by atoms with Crippen molar-refractivity contribution in [3.8, 4) is 0 Å². The van der Waals surface area contributed by atoms with Gasteiger partial charge in [0.15, 0.2) is 0 Å². The van der Waals surface area contributed by atoms with Gasteiger partial charge in [0.2, 0.25) is 0 Å². The fourth-order valence-electron chi connectivity index (χ4n) is 0.220. The highest BCUT2D eigenvalue weighted by Gasteiger charge is 1.84. The molecule has 0 aromatic rings. The van der Waals surface area contributed by atoms with E-state index in [-0.39, 0.29) is 5.71 Å². The molecule has 0 amide bonds. The maximum absolute atomic E-state index is 9.53. The maximum Gasteiger partial charge on any atom is 0.126 e. The molecule has 0 fully saturated rings. The van der Waals surface area contributed by atoms with Crippen molar-refractivity contribution in [1.29, 1.82) is 0 Å². The predicted octanol–water partition coefficient (Wildman–Crippen LogP) is -0.408. The highest BCUT2D eigenvalue weighted by atomic mass is 16.4. The fourth-order valence-corrected chi connectivity index (χ4v) is 0.220. The van der Waals surface area contributed by atoms with Crippen LogP contribution in [0.4, 0.5) is 0 Å². The molecule has 46 valence electrons. The van der Waals surface area contributed by atoms with Gasteiger partial charge in [-0.05, 0) is 0 Å². The van der Waals surface area contributed by atoms with E-state index in [0.29, 0.717) is 0 Å². The molecule has 0 aromatic heterocycles. The summed E-state index contributed by atoms with van der Waals surface area (Å²) in [6.07, 6.45) is 1.62. The second-order valence-electron chi connectivity index (χ2n) is 1.05. The van der Waals surface area contributed by atoms with E-state index in [1.54, 1.807) is 0 Å². The number of hydrogen-bond acceptors (Lipinski definition) is 4. The zero-order valence-corrected chi connectivity index (χ0v) is 4.37. The number of carbonyl (C=O) groups excluding carboxylic acids is 2. The van der Waals surface area contributed by atoms with Gasteiger partial charge in [0.1, 0.15) is 17.6 Å². The standard InChI is InChI=1S/C5H3NO3/c7-3-1-5(6-9)2-4-8/h1-2,9H. The third-order valence-electron chi connectivity index (χ3n) is 0.529. The van der Waals surface area contributed by atoms with Gasteiger partial charge in [-0.15, -0.1) is 0 Å². The van der Waals surface area contributed by atoms with Crippen molar-refractivity contribution in [2.45, 2.75) is 0 Å². The first-order chi connectivity index (χ1) is 4.35. The van der Waals surface area contributed by atoms with Gasteiger partial charge in [0.25, 0.3) is 0 Å². The van der Waals surface area contributed by atoms with E-state index < -0.39 is 0 Å². The van der Waals surface area contributed by atoms with Crippen LogP contribution in [0.25, 0.3) is 0 Å². The lowest BCUT2D eigenvalue weighted by Crippen LogP contribution is -1.86. The summed E-state index contributed by atoms with van der Waals surface area (Å²) >= 11 is 0. The number of hydrogen-bond donors (Lipinski definition) is 1. The van der Waals surface area contributed by atoms with Crippen molar-refractivity contribution in [2.75, 3.05) is 0 Å². The molecular formula is C5H3NO3. The number of rotatable bonds is 2. The highest BCUT2D eigenvalue weighted by molar-refractivity contribution is 6.11. The lowest BCUT2D eigenvalue weighted by molar-refractivity contribution is 0.320. The van der Waals surface area contributed by atoms with Crippen LogP contribution in [-0.4, -0.2) is 22.8 Å². The molecule has 0 atom stereocenters. The lowest BCUT2D eigenvalue weighted by atomic mass is 10.4. The molecule has 0 rings (SSSR count). The molecule has 0 unspecified atom stereocenters. The van der Waals surface area contributed by atoms with E-state index in [4.69, 9.17) is 5.21 Å². The van der Waals surface area contributed by atoms with E-state index in [2.05, 4.69) is 5.16 Å². The van der Waals surface area contributed by atoms with Crippen LogP contribution in [0.5, 0.6) is 0 Å². The van der Waals surface area contributed by atoms with Gasteiger partial charge in [-0.1, -0.05) is 5.16 Å². The third-order valence-corrected chi connectivity index (χ3v) is 0.529. The predicted molar refractivity (Wildman–Crippen MR) is 29.7 cm³/mol. The summed E-state index contributed by atoms with van der Waals surface area (Å²) in [5.74, 6) is 2.66. The van der Waals surface area contributed by atoms with E-state index >= 15 is 0 Å². The van der Waals surface area contributed by atoms with Crippen molar-refractivity contribution in [1.82, 2.24) is 0 Å². The zero-order chi connectivity index (χ0) is 7.11. The van der Waals surface area contributed by atoms with Crippen molar-refractivity contribution in [2.24, 2.45) is 5.16 Å². The van der Waals surface area contributed by atoms with Crippen LogP contribution in [0.3, 0.4) is 0 Å². The second kappa shape index (κ2) is 4.53. The van der Waals surface area contributed by atoms with Gasteiger partial charge in [-0.25, -0.2) is 9.59 Å². The van der Waals surface area contributed by atoms with Crippen molar-refractivity contribution in [3.05, 3.63) is 12.2 Å². The third kappa shape index (κ3) is 3.00. The monoisotopic (exact) mass is 125 g/mol. The molecule has 0 radical (unpaired) electrons. The number of allylic oxidation sites excluding steroid dienone is 2. The van der Waals surface area contributed by atoms with Gasteiger partial charge >= 0.3 is 0 Å². The average molecular weight is 125 g/mol. The van der Waals surface area contributed by atoms with Crippen LogP contribution >= 0.6 is 0 Å². The number of nitrogens with zero attached hydrogens (tertiary/aromatic N) is 1. The Bertz CT molecular complexity index is 186. The maximum atomic E-state index is 9.53. The Morgan fingerprint density at radius 2 is 1.78 bits per heavy atom. The molecule has 0 saturated carbocycles. The van der Waals surface area contributed by atoms with Crippen LogP contribution in [0, 0.1) is 0 Å². The van der Waals surface area contributed by atoms with E-state index in [9.17, 15) is 9.59 Å². The molecule has 0 aliphatic rings. The molecule has 0 bridgehead atoms. The average Bonchev–Trinajstić information content (AvgIpc) is 1.88. The molecule has 0 saturated heterocycles. The largest absolute Gasteiger partial charge is 0.410 e. The first-order valence-corrected chi connectivity index (χ1v) is 1.99. The van der Waals surface area contributed by atoms with Crippen LogP contribution in [0.15, 0.2) is 17.3 Å². The minimum absolute atomic E-state index is 0.167. The Morgan fingerprint density at radius 1 is 1.33 bits per heavy atom. The Kier molecular flexibility index (Phi) is 3.71. The van der Waals surface area contributed by atoms with Crippen LogP contribution in [0.2, 0.25) is 0 Å². The molecule has 9 heavy (non-hydrogen) atoms. The summed E-state index contributed by atoms with van der Waals surface area (Å²) in [5, 5.41) is 10.5. The van der Waals surface area contributed by atoms with Gasteiger partial charge in [0.05, 0.1) is 12.2 Å². The van der Waals surface area contributed by atoms with E-state index in [1.165, 1.54) is 11.9 Å². The normalized spacial score (nSPS) is 6.22. The van der Waals surface area contributed by atoms with Gasteiger partial charge in [-0.2, -0.15) is 0 Å². The van der Waals surface area contributed by atoms with Gasteiger partial charge in [-0.3, -0.25) is 0 Å². The van der Waals surface area contributed by atoms with Crippen molar-refractivity contribution in [3.63, 3.8) is 0 Å². The first-order valence-electron chi connectivity index (χ1n) is 1.99. The van der Waals surface area contributed by atoms with Crippen molar-refractivity contribution < 1.29 is 14.8 Å². The Balaban J connectivity index is 4.36. The molecule has 0 aliphatic carbocycles. The van der Waals surface area contributed by atoms with Crippen molar-refractivity contribution >= 4 is 17.6 Å². The quantitative estimate of drug-likeness (QED) is 0.236. The Labute approximate surface area is 50.8 Å². The molecule has 0 aliphatic heterocycles. The number of oxime groups is 1. The zero-order valence-electron chi connectivity index (χ0n) is 4.37. The van der Waals surface area contributed by atoms with Gasteiger partial charge < -0.3 is 5.21 Å². The minimum Gasteiger partial charge on any atom is -0.410 e. The molecular weight excluding hydrogens is 122 g/mol. The minimum atomic E-state index is -0.167. The second-order valence-corrected chi connectivity index (χ2v) is 1.05. The van der Waals surface area contributed by atoms with E-state index in [0.717, 1.165) is 12.2 Å². The van der Waals surface area contributed by atoms with E-state index in [1.807, 2.05) is 0 Å². The lowest BCUT2D eigenvalue weighted by Gasteiger charge is -1.76. The molecule has 0 heterocycles. The molecule has 1 N–H and O–H groups in total. The summed E-state index contributed by atoms with van der Waals surface area (Å²) in [4.78, 5) is 19.1. The smallest absolute Gasteiger partial charge is 0.126 e. The summed E-state index contributed by atoms with van der Waals surface area (Å²) in [7, 11) is 0. The summed E-state index contributed by atoms with van der Waals surface area (Å²) in [5.41, 5.74) is -0.167. The molecule has 0 spiro atoms. The summed E-state index contributed by atoms with van der Waals surface area (Å²) in [6.45, 7) is 0. The molecule has 4 heteroatoms.